The molecule has 0 saturated heterocycles. The fourth-order valence-electron chi connectivity index (χ4n) is 1.44. The molecule has 0 amide bonds. The summed E-state index contributed by atoms with van der Waals surface area (Å²) in [4.78, 5) is 10.3. The summed E-state index contributed by atoms with van der Waals surface area (Å²) in [7, 11) is 3.18. The molecule has 0 heterocycles. The third kappa shape index (κ3) is 5.39. The van der Waals surface area contributed by atoms with E-state index in [-0.39, 0.29) is 12.2 Å². The summed E-state index contributed by atoms with van der Waals surface area (Å²) in [5.74, 6) is -0.0231. The number of hydrogen-bond acceptors (Lipinski definition) is 4. The van der Waals surface area contributed by atoms with Gasteiger partial charge in [0.2, 0.25) is 0 Å². The van der Waals surface area contributed by atoms with E-state index in [9.17, 15) is 9.90 Å². The number of aliphatic hydroxyl groups is 1. The first-order chi connectivity index (χ1) is 7.56. The van der Waals surface area contributed by atoms with E-state index >= 15 is 0 Å². The third-order valence-corrected chi connectivity index (χ3v) is 2.61. The average molecular weight is 230 g/mol. The minimum atomic E-state index is -0.866. The van der Waals surface area contributed by atoms with Gasteiger partial charge in [0, 0.05) is 14.2 Å². The largest absolute Gasteiger partial charge is 0.385 e. The Labute approximate surface area is 97.2 Å². The molecule has 4 nitrogen and oxygen atoms in total. The second kappa shape index (κ2) is 8.44. The van der Waals surface area contributed by atoms with Gasteiger partial charge in [0.05, 0.1) is 0 Å². The number of carbonyl (C=O) groups is 1. The zero-order chi connectivity index (χ0) is 12.6. The lowest BCUT2D eigenvalue weighted by Crippen LogP contribution is -2.18. The van der Waals surface area contributed by atoms with Gasteiger partial charge in [0.25, 0.3) is 0 Å². The summed E-state index contributed by atoms with van der Waals surface area (Å²) in [5, 5.41) is 9.26. The first-order valence-corrected chi connectivity index (χ1v) is 5.42. The number of rotatable bonds is 8. The highest BCUT2D eigenvalue weighted by Gasteiger charge is 2.12. The van der Waals surface area contributed by atoms with Crippen LogP contribution in [0.25, 0.3) is 0 Å². The third-order valence-electron chi connectivity index (χ3n) is 2.61. The number of carbonyl (C=O) groups excluding carboxylic acids is 1. The molecule has 4 heteroatoms. The monoisotopic (exact) mass is 230 g/mol. The Bertz CT molecular complexity index is 221. The van der Waals surface area contributed by atoms with Gasteiger partial charge in [-0.15, -0.1) is 0 Å². The minimum absolute atomic E-state index is 0.0231. The molecule has 0 radical (unpaired) electrons. The Morgan fingerprint density at radius 3 is 2.38 bits per heavy atom. The lowest BCUT2D eigenvalue weighted by atomic mass is 9.99. The van der Waals surface area contributed by atoms with Crippen molar-refractivity contribution in [2.24, 2.45) is 5.92 Å². The van der Waals surface area contributed by atoms with Crippen molar-refractivity contribution in [3.8, 4) is 0 Å². The molecule has 94 valence electrons. The van der Waals surface area contributed by atoms with Crippen LogP contribution in [0.4, 0.5) is 0 Å². The average Bonchev–Trinajstić information content (AvgIpc) is 2.29. The van der Waals surface area contributed by atoms with E-state index in [1.807, 2.05) is 19.9 Å². The van der Waals surface area contributed by atoms with Crippen LogP contribution in [0.1, 0.15) is 26.7 Å². The van der Waals surface area contributed by atoms with E-state index in [1.54, 1.807) is 14.2 Å². The summed E-state index contributed by atoms with van der Waals surface area (Å²) < 4.78 is 10.2. The second-order valence-electron chi connectivity index (χ2n) is 3.93. The summed E-state index contributed by atoms with van der Waals surface area (Å²) in [6, 6.07) is 0. The Kier molecular flexibility index (Phi) is 8.07. The minimum Gasteiger partial charge on any atom is -0.385 e. The SMILES string of the molecule is COC(OC)/C(C)=C/CC[C@@H](C)C(O)C=O. The second-order valence-corrected chi connectivity index (χ2v) is 3.93. The standard InChI is InChI=1S/C12H22O4/c1-9(11(14)8-13)6-5-7-10(2)12(15-3)16-4/h7-9,11-12,14H,5-6H2,1-4H3/b10-7+/t9-,11?/m1/s1. The van der Waals surface area contributed by atoms with E-state index < -0.39 is 6.10 Å². The first-order valence-electron chi connectivity index (χ1n) is 5.42. The highest BCUT2D eigenvalue weighted by Crippen LogP contribution is 2.13. The van der Waals surface area contributed by atoms with E-state index in [0.29, 0.717) is 6.29 Å². The van der Waals surface area contributed by atoms with Crippen molar-refractivity contribution >= 4 is 6.29 Å². The van der Waals surface area contributed by atoms with E-state index in [0.717, 1.165) is 18.4 Å². The van der Waals surface area contributed by atoms with Crippen LogP contribution in [0.3, 0.4) is 0 Å². The molecule has 0 rings (SSSR count). The number of aldehydes is 1. The van der Waals surface area contributed by atoms with Crippen molar-refractivity contribution < 1.29 is 19.4 Å². The topological polar surface area (TPSA) is 55.8 Å². The van der Waals surface area contributed by atoms with Crippen molar-refractivity contribution in [3.63, 3.8) is 0 Å². The van der Waals surface area contributed by atoms with Gasteiger partial charge in [-0.25, -0.2) is 0 Å². The van der Waals surface area contributed by atoms with Crippen molar-refractivity contribution in [2.45, 2.75) is 39.1 Å². The summed E-state index contributed by atoms with van der Waals surface area (Å²) >= 11 is 0. The zero-order valence-corrected chi connectivity index (χ0v) is 10.5. The summed E-state index contributed by atoms with van der Waals surface area (Å²) in [5.41, 5.74) is 0.998. The van der Waals surface area contributed by atoms with E-state index in [2.05, 4.69) is 0 Å². The molecule has 0 aromatic carbocycles. The van der Waals surface area contributed by atoms with Crippen LogP contribution in [0.2, 0.25) is 0 Å². The Morgan fingerprint density at radius 1 is 1.38 bits per heavy atom. The van der Waals surface area contributed by atoms with Crippen molar-refractivity contribution in [1.29, 1.82) is 0 Å². The molecule has 16 heavy (non-hydrogen) atoms. The molecule has 0 aromatic rings. The Balaban J connectivity index is 4.03. The van der Waals surface area contributed by atoms with Gasteiger partial charge < -0.3 is 19.4 Å². The predicted octanol–water partition coefficient (Wildman–Crippen LogP) is 1.53. The van der Waals surface area contributed by atoms with Gasteiger partial charge in [-0.3, -0.25) is 0 Å². The molecule has 0 aliphatic rings. The maximum atomic E-state index is 10.3. The number of aliphatic hydroxyl groups excluding tert-OH is 1. The normalized spacial score (nSPS) is 16.2. The molecular weight excluding hydrogens is 208 g/mol. The van der Waals surface area contributed by atoms with E-state index in [1.165, 1.54) is 0 Å². The Morgan fingerprint density at radius 2 is 1.94 bits per heavy atom. The van der Waals surface area contributed by atoms with Crippen LogP contribution < -0.4 is 0 Å². The molecule has 0 fully saturated rings. The number of ether oxygens (including phenoxy) is 2. The molecule has 0 aromatic heterocycles. The number of methoxy groups -OCH3 is 2. The predicted molar refractivity (Wildman–Crippen MR) is 62.0 cm³/mol. The lowest BCUT2D eigenvalue weighted by Gasteiger charge is -2.15. The molecule has 0 bridgehead atoms. The van der Waals surface area contributed by atoms with Crippen molar-refractivity contribution in [1.82, 2.24) is 0 Å². The lowest BCUT2D eigenvalue weighted by molar-refractivity contribution is -0.117. The molecule has 0 aliphatic carbocycles. The molecule has 0 saturated carbocycles. The van der Waals surface area contributed by atoms with Crippen LogP contribution in [0, 0.1) is 5.92 Å². The van der Waals surface area contributed by atoms with Gasteiger partial charge in [-0.1, -0.05) is 13.0 Å². The molecule has 2 atom stereocenters. The van der Waals surface area contributed by atoms with Crippen LogP contribution >= 0.6 is 0 Å². The van der Waals surface area contributed by atoms with E-state index in [4.69, 9.17) is 9.47 Å². The van der Waals surface area contributed by atoms with Gasteiger partial charge in [-0.2, -0.15) is 0 Å². The molecular formula is C12H22O4. The smallest absolute Gasteiger partial charge is 0.178 e. The summed E-state index contributed by atoms with van der Waals surface area (Å²) in [6.45, 7) is 3.78. The van der Waals surface area contributed by atoms with Crippen LogP contribution in [0.15, 0.2) is 11.6 Å². The molecule has 1 N–H and O–H groups in total. The summed E-state index contributed by atoms with van der Waals surface area (Å²) in [6.07, 6.45) is 2.96. The van der Waals surface area contributed by atoms with Crippen LogP contribution in [-0.4, -0.2) is 38.0 Å². The number of allylic oxidation sites excluding steroid dienone is 1. The zero-order valence-electron chi connectivity index (χ0n) is 10.5. The van der Waals surface area contributed by atoms with Crippen molar-refractivity contribution in [3.05, 3.63) is 11.6 Å². The highest BCUT2D eigenvalue weighted by atomic mass is 16.7. The molecule has 1 unspecified atom stereocenters. The van der Waals surface area contributed by atoms with Crippen LogP contribution in [0.5, 0.6) is 0 Å². The van der Waals surface area contributed by atoms with Gasteiger partial charge >= 0.3 is 0 Å². The fourth-order valence-corrected chi connectivity index (χ4v) is 1.44. The van der Waals surface area contributed by atoms with Crippen LogP contribution in [-0.2, 0) is 14.3 Å². The molecule has 0 spiro atoms. The Hall–Kier alpha value is -0.710. The van der Waals surface area contributed by atoms with Crippen molar-refractivity contribution in [2.75, 3.05) is 14.2 Å². The first kappa shape index (κ1) is 15.3. The molecule has 0 aliphatic heterocycles. The maximum Gasteiger partial charge on any atom is 0.178 e. The number of hydrogen-bond donors (Lipinski definition) is 1. The maximum absolute atomic E-state index is 10.3. The van der Waals surface area contributed by atoms with Gasteiger partial charge in [-0.05, 0) is 31.3 Å². The van der Waals surface area contributed by atoms with Gasteiger partial charge in [0.15, 0.2) is 6.29 Å². The fraction of sp³-hybridized carbons (Fsp3) is 0.750. The highest BCUT2D eigenvalue weighted by molar-refractivity contribution is 5.55. The van der Waals surface area contributed by atoms with Gasteiger partial charge in [0.1, 0.15) is 12.4 Å². The quantitative estimate of drug-likeness (QED) is 0.390.